The number of nitrogens with zero attached hydrogens (tertiary/aromatic N) is 3. The van der Waals surface area contributed by atoms with Crippen LogP contribution in [0.5, 0.6) is 0 Å². The molecule has 0 saturated carbocycles. The highest BCUT2D eigenvalue weighted by Gasteiger charge is 2.06. The minimum Gasteiger partial charge on any atom is -0.413 e. The van der Waals surface area contributed by atoms with Crippen molar-refractivity contribution in [2.24, 2.45) is 0 Å². The van der Waals surface area contributed by atoms with Gasteiger partial charge in [-0.3, -0.25) is 0 Å². The summed E-state index contributed by atoms with van der Waals surface area (Å²) in [5, 5.41) is 16.9. The molecule has 0 amide bonds. The Balaban J connectivity index is 1.91. The molecule has 0 N–H and O–H groups in total. The summed E-state index contributed by atoms with van der Waals surface area (Å²) in [5.74, 6) is 1.19. The van der Waals surface area contributed by atoms with E-state index in [9.17, 15) is 0 Å². The quantitative estimate of drug-likeness (QED) is 0.769. The minimum atomic E-state index is 0.324. The maximum Gasteiger partial charge on any atom is 0.276 e. The van der Waals surface area contributed by atoms with Gasteiger partial charge >= 0.3 is 0 Å². The van der Waals surface area contributed by atoms with Crippen LogP contribution >= 0.6 is 11.8 Å². The van der Waals surface area contributed by atoms with Crippen LogP contribution in [0.3, 0.4) is 0 Å². The maximum atomic E-state index is 8.69. The Morgan fingerprint density at radius 3 is 2.78 bits per heavy atom. The van der Waals surface area contributed by atoms with E-state index < -0.39 is 0 Å². The molecule has 0 atom stereocenters. The molecule has 2 aromatic rings. The van der Waals surface area contributed by atoms with Crippen LogP contribution < -0.4 is 0 Å². The monoisotopic (exact) mass is 261 g/mol. The molecule has 0 saturated heterocycles. The van der Waals surface area contributed by atoms with Gasteiger partial charge in [-0.25, -0.2) is 0 Å². The summed E-state index contributed by atoms with van der Waals surface area (Å²) in [5.41, 5.74) is 1.76. The summed E-state index contributed by atoms with van der Waals surface area (Å²) in [6.45, 7) is 0.324. The normalized spacial score (nSPS) is 10.2. The molecular formula is C12H11N3O2S. The molecule has 0 aliphatic heterocycles. The Labute approximate surface area is 109 Å². The summed E-state index contributed by atoms with van der Waals surface area (Å²) in [6.07, 6.45) is 0. The van der Waals surface area contributed by atoms with E-state index in [-0.39, 0.29) is 0 Å². The van der Waals surface area contributed by atoms with Crippen molar-refractivity contribution >= 4 is 11.8 Å². The molecule has 0 fully saturated rings. The van der Waals surface area contributed by atoms with Gasteiger partial charge in [0.15, 0.2) is 0 Å². The first kappa shape index (κ1) is 12.6. The van der Waals surface area contributed by atoms with E-state index in [0.29, 0.717) is 23.3 Å². The number of methoxy groups -OCH3 is 1. The van der Waals surface area contributed by atoms with Crippen molar-refractivity contribution < 1.29 is 9.15 Å². The molecule has 1 aromatic carbocycles. The molecule has 1 heterocycles. The van der Waals surface area contributed by atoms with Crippen LogP contribution in [-0.2, 0) is 17.1 Å². The Hall–Kier alpha value is -1.84. The third kappa shape index (κ3) is 3.32. The second-order valence-electron chi connectivity index (χ2n) is 3.49. The van der Waals surface area contributed by atoms with E-state index >= 15 is 0 Å². The summed E-state index contributed by atoms with van der Waals surface area (Å²) in [7, 11) is 1.58. The van der Waals surface area contributed by atoms with E-state index in [1.807, 2.05) is 12.1 Å². The van der Waals surface area contributed by atoms with Gasteiger partial charge in [0.25, 0.3) is 5.22 Å². The predicted octanol–water partition coefficient (Wildman–Crippen LogP) is 2.38. The van der Waals surface area contributed by atoms with E-state index in [1.165, 1.54) is 11.8 Å². The van der Waals surface area contributed by atoms with Crippen molar-refractivity contribution in [3.8, 4) is 6.07 Å². The van der Waals surface area contributed by atoms with Crippen LogP contribution in [0, 0.1) is 11.3 Å². The minimum absolute atomic E-state index is 0.324. The Kier molecular flexibility index (Phi) is 4.34. The van der Waals surface area contributed by atoms with Crippen molar-refractivity contribution in [3.63, 3.8) is 0 Å². The molecule has 6 heteroatoms. The summed E-state index contributed by atoms with van der Waals surface area (Å²) >= 11 is 1.45. The molecule has 18 heavy (non-hydrogen) atoms. The van der Waals surface area contributed by atoms with Crippen LogP contribution in [0.1, 0.15) is 17.0 Å². The summed E-state index contributed by atoms with van der Waals surface area (Å²) in [6, 6.07) is 9.50. The van der Waals surface area contributed by atoms with Gasteiger partial charge in [0.2, 0.25) is 5.89 Å². The lowest BCUT2D eigenvalue weighted by Gasteiger charge is -1.97. The highest BCUT2D eigenvalue weighted by Crippen LogP contribution is 2.21. The first-order valence-electron chi connectivity index (χ1n) is 5.25. The van der Waals surface area contributed by atoms with Gasteiger partial charge in [-0.1, -0.05) is 23.9 Å². The predicted molar refractivity (Wildman–Crippen MR) is 65.7 cm³/mol. The van der Waals surface area contributed by atoms with Gasteiger partial charge < -0.3 is 9.15 Å². The number of hydrogen-bond donors (Lipinski definition) is 0. The van der Waals surface area contributed by atoms with Crippen LogP contribution in [0.4, 0.5) is 0 Å². The van der Waals surface area contributed by atoms with Crippen LogP contribution in [-0.4, -0.2) is 17.3 Å². The lowest BCUT2D eigenvalue weighted by Crippen LogP contribution is -1.85. The maximum absolute atomic E-state index is 8.69. The number of nitriles is 1. The standard InChI is InChI=1S/C12H11N3O2S/c1-16-7-11-14-15-12(17-11)18-8-10-4-2-9(6-13)3-5-10/h2-5H,7-8H2,1H3. The molecule has 0 aliphatic carbocycles. The highest BCUT2D eigenvalue weighted by atomic mass is 32.2. The lowest BCUT2D eigenvalue weighted by molar-refractivity contribution is 0.155. The van der Waals surface area contributed by atoms with Crippen molar-refractivity contribution in [2.75, 3.05) is 7.11 Å². The third-order valence-electron chi connectivity index (χ3n) is 2.16. The van der Waals surface area contributed by atoms with E-state index in [4.69, 9.17) is 14.4 Å². The van der Waals surface area contributed by atoms with E-state index in [0.717, 1.165) is 11.3 Å². The van der Waals surface area contributed by atoms with E-state index in [1.54, 1.807) is 19.2 Å². The zero-order chi connectivity index (χ0) is 12.8. The molecule has 1 aromatic heterocycles. The molecule has 0 aliphatic rings. The molecule has 0 radical (unpaired) electrons. The van der Waals surface area contributed by atoms with Gasteiger partial charge in [-0.2, -0.15) is 5.26 Å². The van der Waals surface area contributed by atoms with Crippen LogP contribution in [0.2, 0.25) is 0 Å². The van der Waals surface area contributed by atoms with E-state index in [2.05, 4.69) is 16.3 Å². The first-order chi connectivity index (χ1) is 8.81. The molecule has 5 nitrogen and oxygen atoms in total. The Bertz CT molecular complexity index is 545. The fourth-order valence-corrected chi connectivity index (χ4v) is 2.04. The average molecular weight is 261 g/mol. The molecule has 0 unspecified atom stereocenters. The molecule has 2 rings (SSSR count). The number of hydrogen-bond acceptors (Lipinski definition) is 6. The summed E-state index contributed by atoms with van der Waals surface area (Å²) < 4.78 is 10.2. The number of rotatable bonds is 5. The zero-order valence-corrected chi connectivity index (χ0v) is 10.6. The van der Waals surface area contributed by atoms with Crippen molar-refractivity contribution in [3.05, 3.63) is 41.3 Å². The summed E-state index contributed by atoms with van der Waals surface area (Å²) in [4.78, 5) is 0. The van der Waals surface area contributed by atoms with Gasteiger partial charge in [0.05, 0.1) is 11.6 Å². The number of ether oxygens (including phenoxy) is 1. The van der Waals surface area contributed by atoms with Gasteiger partial charge in [-0.15, -0.1) is 10.2 Å². The smallest absolute Gasteiger partial charge is 0.276 e. The zero-order valence-electron chi connectivity index (χ0n) is 9.79. The first-order valence-corrected chi connectivity index (χ1v) is 6.23. The fourth-order valence-electron chi connectivity index (χ4n) is 1.30. The highest BCUT2D eigenvalue weighted by molar-refractivity contribution is 7.98. The van der Waals surface area contributed by atoms with Crippen molar-refractivity contribution in [1.29, 1.82) is 5.26 Å². The molecule has 0 bridgehead atoms. The number of aromatic nitrogens is 2. The van der Waals surface area contributed by atoms with Gasteiger partial charge in [0.1, 0.15) is 6.61 Å². The largest absolute Gasteiger partial charge is 0.413 e. The second kappa shape index (κ2) is 6.19. The molecule has 0 spiro atoms. The van der Waals surface area contributed by atoms with Gasteiger partial charge in [0, 0.05) is 12.9 Å². The Morgan fingerprint density at radius 1 is 1.33 bits per heavy atom. The van der Waals surface area contributed by atoms with Crippen molar-refractivity contribution in [2.45, 2.75) is 17.6 Å². The second-order valence-corrected chi connectivity index (χ2v) is 4.42. The van der Waals surface area contributed by atoms with Crippen LogP contribution in [0.15, 0.2) is 33.9 Å². The number of thioether (sulfide) groups is 1. The molecular weight excluding hydrogens is 250 g/mol. The molecule has 92 valence electrons. The SMILES string of the molecule is COCc1nnc(SCc2ccc(C#N)cc2)o1. The average Bonchev–Trinajstić information content (AvgIpc) is 2.85. The fraction of sp³-hybridized carbons (Fsp3) is 0.250. The topological polar surface area (TPSA) is 71.9 Å². The van der Waals surface area contributed by atoms with Gasteiger partial charge in [-0.05, 0) is 17.7 Å². The lowest BCUT2D eigenvalue weighted by atomic mass is 10.2. The Morgan fingerprint density at radius 2 is 2.11 bits per heavy atom. The number of benzene rings is 1. The van der Waals surface area contributed by atoms with Crippen LogP contribution in [0.25, 0.3) is 0 Å². The van der Waals surface area contributed by atoms with Crippen molar-refractivity contribution in [1.82, 2.24) is 10.2 Å². The third-order valence-corrected chi connectivity index (χ3v) is 3.05.